The summed E-state index contributed by atoms with van der Waals surface area (Å²) >= 11 is 0. The van der Waals surface area contributed by atoms with Gasteiger partial charge in [0.25, 0.3) is 0 Å². The zero-order valence-electron chi connectivity index (χ0n) is 14.4. The fourth-order valence-corrected chi connectivity index (χ4v) is 3.26. The number of ketones is 1. The van der Waals surface area contributed by atoms with E-state index >= 15 is 0 Å². The van der Waals surface area contributed by atoms with Crippen molar-refractivity contribution in [3.8, 4) is 0 Å². The summed E-state index contributed by atoms with van der Waals surface area (Å²) in [4.78, 5) is 29.1. The molecule has 0 aliphatic carbocycles. The molecule has 0 saturated carbocycles. The molecule has 24 heavy (non-hydrogen) atoms. The predicted molar refractivity (Wildman–Crippen MR) is 92.6 cm³/mol. The molecule has 2 heterocycles. The van der Waals surface area contributed by atoms with Gasteiger partial charge in [-0.25, -0.2) is 4.79 Å². The van der Waals surface area contributed by atoms with Crippen LogP contribution in [0.15, 0.2) is 24.3 Å². The highest BCUT2D eigenvalue weighted by Crippen LogP contribution is 2.18. The molecule has 1 aromatic rings. The average Bonchev–Trinajstić information content (AvgIpc) is 2.92. The maximum Gasteiger partial charge on any atom is 0.409 e. The SMILES string of the molecule is CC(=O)c1ccc(N2CCN(CCC3CN(C)C(=O)O3)CC2)cc1. The molecule has 1 amide bonds. The van der Waals surface area contributed by atoms with Crippen molar-refractivity contribution in [2.45, 2.75) is 19.4 Å². The lowest BCUT2D eigenvalue weighted by atomic mass is 10.1. The second kappa shape index (κ2) is 7.21. The molecular weight excluding hydrogens is 306 g/mol. The number of rotatable bonds is 5. The first kappa shape index (κ1) is 16.8. The van der Waals surface area contributed by atoms with Gasteiger partial charge in [-0.1, -0.05) is 0 Å². The number of cyclic esters (lactones) is 1. The molecule has 2 fully saturated rings. The normalized spacial score (nSPS) is 21.9. The number of ether oxygens (including phenoxy) is 1. The van der Waals surface area contributed by atoms with Crippen LogP contribution in [0.1, 0.15) is 23.7 Å². The standard InChI is InChI=1S/C18H25N3O3/c1-14(22)15-3-5-16(6-4-15)21-11-9-20(10-12-21)8-7-17-13-19(2)18(23)24-17/h3-6,17H,7-13H2,1-2H3. The number of carbonyl (C=O) groups excluding carboxylic acids is 2. The third-order valence-corrected chi connectivity index (χ3v) is 4.84. The second-order valence-corrected chi connectivity index (χ2v) is 6.61. The minimum Gasteiger partial charge on any atom is -0.444 e. The van der Waals surface area contributed by atoms with Crippen molar-refractivity contribution in [2.24, 2.45) is 0 Å². The zero-order valence-corrected chi connectivity index (χ0v) is 14.4. The van der Waals surface area contributed by atoms with E-state index in [4.69, 9.17) is 4.74 Å². The molecule has 0 spiro atoms. The summed E-state index contributed by atoms with van der Waals surface area (Å²) in [6.45, 7) is 7.21. The maximum absolute atomic E-state index is 11.4. The van der Waals surface area contributed by atoms with E-state index in [1.807, 2.05) is 24.3 Å². The van der Waals surface area contributed by atoms with E-state index in [-0.39, 0.29) is 18.0 Å². The molecule has 0 aromatic heterocycles. The molecule has 1 unspecified atom stereocenters. The number of benzene rings is 1. The number of hydrogen-bond acceptors (Lipinski definition) is 5. The van der Waals surface area contributed by atoms with E-state index < -0.39 is 0 Å². The average molecular weight is 331 g/mol. The molecular formula is C18H25N3O3. The van der Waals surface area contributed by atoms with Crippen molar-refractivity contribution >= 4 is 17.6 Å². The molecule has 2 aliphatic rings. The van der Waals surface area contributed by atoms with Crippen molar-refractivity contribution in [3.63, 3.8) is 0 Å². The number of piperazine rings is 1. The molecule has 0 bridgehead atoms. The van der Waals surface area contributed by atoms with Crippen molar-refractivity contribution in [3.05, 3.63) is 29.8 Å². The van der Waals surface area contributed by atoms with Crippen LogP contribution < -0.4 is 4.90 Å². The fourth-order valence-electron chi connectivity index (χ4n) is 3.26. The van der Waals surface area contributed by atoms with E-state index in [0.717, 1.165) is 44.7 Å². The largest absolute Gasteiger partial charge is 0.444 e. The summed E-state index contributed by atoms with van der Waals surface area (Å²) in [7, 11) is 1.78. The fraction of sp³-hybridized carbons (Fsp3) is 0.556. The Bertz CT molecular complexity index is 594. The molecule has 0 N–H and O–H groups in total. The number of likely N-dealkylation sites (N-methyl/N-ethyl adjacent to an activating group) is 1. The second-order valence-electron chi connectivity index (χ2n) is 6.61. The van der Waals surface area contributed by atoms with E-state index in [1.165, 1.54) is 5.69 Å². The van der Waals surface area contributed by atoms with Crippen molar-refractivity contribution < 1.29 is 14.3 Å². The van der Waals surface area contributed by atoms with Gasteiger partial charge >= 0.3 is 6.09 Å². The number of carbonyl (C=O) groups is 2. The van der Waals surface area contributed by atoms with Crippen LogP contribution in [0.4, 0.5) is 10.5 Å². The molecule has 0 radical (unpaired) electrons. The van der Waals surface area contributed by atoms with E-state index in [0.29, 0.717) is 6.54 Å². The predicted octanol–water partition coefficient (Wildman–Crippen LogP) is 1.85. The van der Waals surface area contributed by atoms with Gasteiger partial charge in [0.05, 0.1) is 6.54 Å². The molecule has 2 saturated heterocycles. The Labute approximate surface area is 143 Å². The molecule has 130 valence electrons. The Morgan fingerprint density at radius 1 is 1.17 bits per heavy atom. The van der Waals surface area contributed by atoms with Gasteiger partial charge in [0, 0.05) is 51.0 Å². The first-order valence-corrected chi connectivity index (χ1v) is 8.53. The van der Waals surface area contributed by atoms with E-state index in [2.05, 4.69) is 9.80 Å². The molecule has 1 aromatic carbocycles. The molecule has 2 aliphatic heterocycles. The lowest BCUT2D eigenvalue weighted by Crippen LogP contribution is -2.47. The van der Waals surface area contributed by atoms with Gasteiger partial charge in [0.1, 0.15) is 6.10 Å². The molecule has 1 atom stereocenters. The van der Waals surface area contributed by atoms with Gasteiger partial charge < -0.3 is 14.5 Å². The number of hydrogen-bond donors (Lipinski definition) is 0. The summed E-state index contributed by atoms with van der Waals surface area (Å²) in [5.41, 5.74) is 1.93. The van der Waals surface area contributed by atoms with Gasteiger partial charge in [-0.05, 0) is 37.6 Å². The third-order valence-electron chi connectivity index (χ3n) is 4.84. The van der Waals surface area contributed by atoms with Crippen LogP contribution in [0.2, 0.25) is 0 Å². The van der Waals surface area contributed by atoms with Crippen LogP contribution in [0.5, 0.6) is 0 Å². The molecule has 3 rings (SSSR count). The molecule has 6 nitrogen and oxygen atoms in total. The van der Waals surface area contributed by atoms with Crippen LogP contribution in [0, 0.1) is 0 Å². The Morgan fingerprint density at radius 3 is 2.38 bits per heavy atom. The van der Waals surface area contributed by atoms with Crippen LogP contribution in [0.3, 0.4) is 0 Å². The highest BCUT2D eigenvalue weighted by Gasteiger charge is 2.28. The lowest BCUT2D eigenvalue weighted by Gasteiger charge is -2.36. The number of anilines is 1. The van der Waals surface area contributed by atoms with Gasteiger partial charge in [-0.3, -0.25) is 9.69 Å². The summed E-state index contributed by atoms with van der Waals surface area (Å²) in [6.07, 6.45) is 0.710. The number of nitrogens with zero attached hydrogens (tertiary/aromatic N) is 3. The van der Waals surface area contributed by atoms with Gasteiger partial charge in [-0.2, -0.15) is 0 Å². The van der Waals surface area contributed by atoms with Gasteiger partial charge in [0.15, 0.2) is 5.78 Å². The van der Waals surface area contributed by atoms with Crippen LogP contribution >= 0.6 is 0 Å². The summed E-state index contributed by atoms with van der Waals surface area (Å²) in [6, 6.07) is 7.85. The Kier molecular flexibility index (Phi) is 5.04. The third kappa shape index (κ3) is 3.87. The highest BCUT2D eigenvalue weighted by molar-refractivity contribution is 5.94. The summed E-state index contributed by atoms with van der Waals surface area (Å²) in [5.74, 6) is 0.102. The maximum atomic E-state index is 11.4. The Morgan fingerprint density at radius 2 is 1.83 bits per heavy atom. The molecule has 6 heteroatoms. The first-order valence-electron chi connectivity index (χ1n) is 8.53. The minimum atomic E-state index is -0.209. The van der Waals surface area contributed by atoms with Crippen molar-refractivity contribution in [1.82, 2.24) is 9.80 Å². The smallest absolute Gasteiger partial charge is 0.409 e. The first-order chi connectivity index (χ1) is 11.5. The lowest BCUT2D eigenvalue weighted by molar-refractivity contribution is 0.101. The Hall–Kier alpha value is -2.08. The van der Waals surface area contributed by atoms with Crippen molar-refractivity contribution in [1.29, 1.82) is 0 Å². The minimum absolute atomic E-state index is 0.0275. The summed E-state index contributed by atoms with van der Waals surface area (Å²) in [5, 5.41) is 0. The highest BCUT2D eigenvalue weighted by atomic mass is 16.6. The number of amides is 1. The van der Waals surface area contributed by atoms with Crippen molar-refractivity contribution in [2.75, 3.05) is 51.2 Å². The monoisotopic (exact) mass is 331 g/mol. The van der Waals surface area contributed by atoms with E-state index in [9.17, 15) is 9.59 Å². The van der Waals surface area contributed by atoms with Crippen LogP contribution in [-0.2, 0) is 4.74 Å². The van der Waals surface area contributed by atoms with E-state index in [1.54, 1.807) is 18.9 Å². The van der Waals surface area contributed by atoms with Crippen LogP contribution in [0.25, 0.3) is 0 Å². The van der Waals surface area contributed by atoms with Gasteiger partial charge in [-0.15, -0.1) is 0 Å². The topological polar surface area (TPSA) is 53.1 Å². The Balaban J connectivity index is 1.44. The summed E-state index contributed by atoms with van der Waals surface area (Å²) < 4.78 is 5.31. The quantitative estimate of drug-likeness (QED) is 0.771. The zero-order chi connectivity index (χ0) is 17.1. The van der Waals surface area contributed by atoms with Gasteiger partial charge in [0.2, 0.25) is 0 Å². The van der Waals surface area contributed by atoms with Crippen LogP contribution in [-0.4, -0.2) is 74.1 Å². The number of Topliss-reactive ketones (excluding diaryl/α,β-unsaturated/α-hetero) is 1.